The summed E-state index contributed by atoms with van der Waals surface area (Å²) in [7, 11) is 4.61. The molecule has 0 spiro atoms. The second-order valence-corrected chi connectivity index (χ2v) is 8.87. The molecule has 1 heterocycles. The van der Waals surface area contributed by atoms with Crippen LogP contribution in [0.1, 0.15) is 29.7 Å². The summed E-state index contributed by atoms with van der Waals surface area (Å²) in [6.45, 7) is 2.26. The van der Waals surface area contributed by atoms with Crippen molar-refractivity contribution in [3.8, 4) is 23.0 Å². The molecule has 0 saturated carbocycles. The Morgan fingerprint density at radius 2 is 1.61 bits per heavy atom. The highest BCUT2D eigenvalue weighted by molar-refractivity contribution is 6.46. The molecule has 1 amide bonds. The SMILES string of the molecule is CCOc1cc(/C(O)=C2/C(=O)C(=O)N(Cc3ccc(OC)c(OC)c3)C2c2ccc(OC)cc2)ccc1Cl. The van der Waals surface area contributed by atoms with E-state index in [2.05, 4.69) is 0 Å². The second-order valence-electron chi connectivity index (χ2n) is 8.47. The van der Waals surface area contributed by atoms with Gasteiger partial charge in [0.25, 0.3) is 11.7 Å². The highest BCUT2D eigenvalue weighted by atomic mass is 35.5. The van der Waals surface area contributed by atoms with Crippen LogP contribution in [-0.2, 0) is 16.1 Å². The van der Waals surface area contributed by atoms with Crippen molar-refractivity contribution in [2.45, 2.75) is 19.5 Å². The Labute approximate surface area is 225 Å². The largest absolute Gasteiger partial charge is 0.507 e. The predicted molar refractivity (Wildman–Crippen MR) is 143 cm³/mol. The summed E-state index contributed by atoms with van der Waals surface area (Å²) < 4.78 is 21.5. The third kappa shape index (κ3) is 5.13. The van der Waals surface area contributed by atoms with Gasteiger partial charge in [0.1, 0.15) is 17.3 Å². The van der Waals surface area contributed by atoms with E-state index in [0.29, 0.717) is 51.3 Å². The third-order valence-electron chi connectivity index (χ3n) is 6.28. The van der Waals surface area contributed by atoms with Gasteiger partial charge in [-0.05, 0) is 60.5 Å². The van der Waals surface area contributed by atoms with Crippen LogP contribution < -0.4 is 18.9 Å². The highest BCUT2D eigenvalue weighted by Crippen LogP contribution is 2.42. The number of Topliss-reactive ketones (excluding diaryl/α,β-unsaturated/α-hetero) is 1. The smallest absolute Gasteiger partial charge is 0.295 e. The summed E-state index contributed by atoms with van der Waals surface area (Å²) in [4.78, 5) is 28.2. The zero-order chi connectivity index (χ0) is 27.4. The minimum absolute atomic E-state index is 0.0367. The van der Waals surface area contributed by atoms with Gasteiger partial charge in [0, 0.05) is 12.1 Å². The summed E-state index contributed by atoms with van der Waals surface area (Å²) >= 11 is 6.22. The maximum atomic E-state index is 13.4. The molecular formula is C29H28ClNO7. The molecule has 0 aromatic heterocycles. The number of hydrogen-bond donors (Lipinski definition) is 1. The number of benzene rings is 3. The molecular weight excluding hydrogens is 510 g/mol. The lowest BCUT2D eigenvalue weighted by molar-refractivity contribution is -0.140. The van der Waals surface area contributed by atoms with Crippen LogP contribution in [-0.4, -0.2) is 49.6 Å². The number of nitrogens with zero attached hydrogens (tertiary/aromatic N) is 1. The van der Waals surface area contributed by atoms with Gasteiger partial charge in [-0.1, -0.05) is 29.8 Å². The van der Waals surface area contributed by atoms with Crippen LogP contribution in [0.4, 0.5) is 0 Å². The minimum Gasteiger partial charge on any atom is -0.507 e. The van der Waals surface area contributed by atoms with Gasteiger partial charge in [-0.15, -0.1) is 0 Å². The molecule has 3 aromatic rings. The van der Waals surface area contributed by atoms with Crippen molar-refractivity contribution >= 4 is 29.1 Å². The van der Waals surface area contributed by atoms with Crippen molar-refractivity contribution in [3.63, 3.8) is 0 Å². The van der Waals surface area contributed by atoms with Gasteiger partial charge in [0.2, 0.25) is 0 Å². The molecule has 198 valence electrons. The quantitative estimate of drug-likeness (QED) is 0.222. The van der Waals surface area contributed by atoms with E-state index in [9.17, 15) is 14.7 Å². The fourth-order valence-corrected chi connectivity index (χ4v) is 4.60. The average Bonchev–Trinajstić information content (AvgIpc) is 3.18. The Kier molecular flexibility index (Phi) is 8.12. The van der Waals surface area contributed by atoms with Crippen molar-refractivity contribution in [2.75, 3.05) is 27.9 Å². The van der Waals surface area contributed by atoms with Crippen LogP contribution in [0, 0.1) is 0 Å². The summed E-state index contributed by atoms with van der Waals surface area (Å²) in [6, 6.07) is 16.1. The molecule has 1 fully saturated rings. The molecule has 1 aliphatic rings. The number of ether oxygens (including phenoxy) is 4. The first-order chi connectivity index (χ1) is 18.3. The number of carbonyl (C=O) groups is 2. The van der Waals surface area contributed by atoms with E-state index in [1.807, 2.05) is 6.92 Å². The van der Waals surface area contributed by atoms with Gasteiger partial charge >= 0.3 is 0 Å². The van der Waals surface area contributed by atoms with Crippen LogP contribution in [0.3, 0.4) is 0 Å². The fraction of sp³-hybridized carbons (Fsp3) is 0.241. The molecule has 38 heavy (non-hydrogen) atoms. The monoisotopic (exact) mass is 537 g/mol. The van der Waals surface area contributed by atoms with Crippen LogP contribution in [0.5, 0.6) is 23.0 Å². The Morgan fingerprint density at radius 3 is 2.24 bits per heavy atom. The number of likely N-dealkylation sites (tertiary alicyclic amines) is 1. The number of ketones is 1. The fourth-order valence-electron chi connectivity index (χ4n) is 4.42. The topological polar surface area (TPSA) is 94.5 Å². The molecule has 4 rings (SSSR count). The van der Waals surface area contributed by atoms with E-state index in [1.54, 1.807) is 67.8 Å². The van der Waals surface area contributed by atoms with Crippen molar-refractivity contribution in [2.24, 2.45) is 0 Å². The molecule has 0 bridgehead atoms. The normalized spacial score (nSPS) is 16.4. The van der Waals surface area contributed by atoms with Crippen molar-refractivity contribution in [1.82, 2.24) is 4.90 Å². The molecule has 1 N–H and O–H groups in total. The zero-order valence-corrected chi connectivity index (χ0v) is 22.2. The zero-order valence-electron chi connectivity index (χ0n) is 21.5. The maximum absolute atomic E-state index is 13.4. The summed E-state index contributed by atoms with van der Waals surface area (Å²) in [6.07, 6.45) is 0. The van der Waals surface area contributed by atoms with E-state index < -0.39 is 17.7 Å². The molecule has 3 aromatic carbocycles. The van der Waals surface area contributed by atoms with E-state index in [-0.39, 0.29) is 17.9 Å². The molecule has 1 aliphatic heterocycles. The Hall–Kier alpha value is -4.17. The van der Waals surface area contributed by atoms with Gasteiger partial charge in [-0.25, -0.2) is 0 Å². The van der Waals surface area contributed by atoms with E-state index >= 15 is 0 Å². The Bertz CT molecular complexity index is 1380. The van der Waals surface area contributed by atoms with Gasteiger partial charge in [0.05, 0.1) is 44.6 Å². The van der Waals surface area contributed by atoms with Gasteiger partial charge in [0.15, 0.2) is 11.5 Å². The van der Waals surface area contributed by atoms with Crippen molar-refractivity contribution in [3.05, 3.63) is 87.9 Å². The predicted octanol–water partition coefficient (Wildman–Crippen LogP) is 5.39. The lowest BCUT2D eigenvalue weighted by Crippen LogP contribution is -2.29. The number of halogens is 1. The number of methoxy groups -OCH3 is 3. The summed E-state index contributed by atoms with van der Waals surface area (Å²) in [5.74, 6) is 0.155. The number of hydrogen-bond acceptors (Lipinski definition) is 7. The second kappa shape index (κ2) is 11.5. The number of carbonyl (C=O) groups excluding carboxylic acids is 2. The molecule has 0 aliphatic carbocycles. The lowest BCUT2D eigenvalue weighted by atomic mass is 9.95. The van der Waals surface area contributed by atoms with Gasteiger partial charge in [-0.2, -0.15) is 0 Å². The van der Waals surface area contributed by atoms with Crippen LogP contribution in [0.25, 0.3) is 5.76 Å². The first-order valence-electron chi connectivity index (χ1n) is 11.9. The number of aliphatic hydroxyl groups is 1. The lowest BCUT2D eigenvalue weighted by Gasteiger charge is -2.26. The Balaban J connectivity index is 1.84. The Morgan fingerprint density at radius 1 is 0.895 bits per heavy atom. The summed E-state index contributed by atoms with van der Waals surface area (Å²) in [5.41, 5.74) is 1.62. The van der Waals surface area contributed by atoms with Crippen LogP contribution in [0.15, 0.2) is 66.2 Å². The highest BCUT2D eigenvalue weighted by Gasteiger charge is 2.46. The first kappa shape index (κ1) is 26.9. The van der Waals surface area contributed by atoms with E-state index in [4.69, 9.17) is 30.5 Å². The maximum Gasteiger partial charge on any atom is 0.295 e. The molecule has 1 saturated heterocycles. The van der Waals surface area contributed by atoms with Gasteiger partial charge < -0.3 is 29.0 Å². The van der Waals surface area contributed by atoms with Gasteiger partial charge in [-0.3, -0.25) is 9.59 Å². The van der Waals surface area contributed by atoms with Crippen LogP contribution >= 0.6 is 11.6 Å². The molecule has 0 radical (unpaired) electrons. The van der Waals surface area contributed by atoms with E-state index in [0.717, 1.165) is 0 Å². The van der Waals surface area contributed by atoms with Crippen molar-refractivity contribution < 1.29 is 33.6 Å². The molecule has 9 heteroatoms. The number of amides is 1. The minimum atomic E-state index is -0.861. The van der Waals surface area contributed by atoms with Crippen molar-refractivity contribution in [1.29, 1.82) is 0 Å². The first-order valence-corrected chi connectivity index (χ1v) is 12.3. The summed E-state index contributed by atoms with van der Waals surface area (Å²) in [5, 5.41) is 11.7. The molecule has 1 unspecified atom stereocenters. The number of rotatable bonds is 9. The molecule has 1 atom stereocenters. The number of aliphatic hydroxyl groups excluding tert-OH is 1. The third-order valence-corrected chi connectivity index (χ3v) is 6.59. The average molecular weight is 538 g/mol. The standard InChI is InChI=1S/C29H28ClNO7/c1-5-38-23-15-19(9-12-21(23)30)27(32)25-26(18-7-10-20(35-2)11-8-18)31(29(34)28(25)33)16-17-6-13-22(36-3)24(14-17)37-4/h6-15,26,32H,5,16H2,1-4H3/b27-25-. The van der Waals surface area contributed by atoms with Crippen LogP contribution in [0.2, 0.25) is 5.02 Å². The van der Waals surface area contributed by atoms with E-state index in [1.165, 1.54) is 19.1 Å². The molecule has 8 nitrogen and oxygen atoms in total.